The lowest BCUT2D eigenvalue weighted by Crippen LogP contribution is -2.54. The van der Waals surface area contributed by atoms with E-state index in [-0.39, 0.29) is 6.04 Å². The summed E-state index contributed by atoms with van der Waals surface area (Å²) >= 11 is 1.50. The summed E-state index contributed by atoms with van der Waals surface area (Å²) in [5.41, 5.74) is 5.18. The molecule has 126 valence electrons. The number of aromatic nitrogens is 2. The molecule has 0 aliphatic heterocycles. The Hall–Kier alpha value is -1.73. The molecular formula is C16H24N3O3S+. The van der Waals surface area contributed by atoms with Crippen molar-refractivity contribution in [1.82, 2.24) is 10.2 Å². The Morgan fingerprint density at radius 3 is 2.57 bits per heavy atom. The van der Waals surface area contributed by atoms with E-state index in [0.717, 1.165) is 17.7 Å². The third-order valence-electron chi connectivity index (χ3n) is 3.34. The topological polar surface area (TPSA) is 85.0 Å². The summed E-state index contributed by atoms with van der Waals surface area (Å²) in [4.78, 5) is 0. The van der Waals surface area contributed by atoms with Gasteiger partial charge in [-0.2, -0.15) is 0 Å². The highest BCUT2D eigenvalue weighted by Gasteiger charge is 2.19. The normalized spacial score (nSPS) is 12.4. The zero-order valence-electron chi connectivity index (χ0n) is 14.0. The second kappa shape index (κ2) is 8.21. The molecule has 0 fully saturated rings. The summed E-state index contributed by atoms with van der Waals surface area (Å²) in [5.74, 6) is 3.30. The number of rotatable bonds is 8. The number of benzene rings is 1. The minimum atomic E-state index is 0.0398. The minimum Gasteiger partial charge on any atom is -0.493 e. The van der Waals surface area contributed by atoms with E-state index in [1.54, 1.807) is 14.2 Å². The van der Waals surface area contributed by atoms with Crippen LogP contribution in [0.3, 0.4) is 0 Å². The zero-order chi connectivity index (χ0) is 16.8. The number of nitrogens with zero attached hydrogens (tertiary/aromatic N) is 2. The molecule has 0 aliphatic rings. The molecule has 0 unspecified atom stereocenters. The number of hydrogen-bond acceptors (Lipinski definition) is 6. The average molecular weight is 338 g/mol. The molecule has 2 aromatic rings. The lowest BCUT2D eigenvalue weighted by Gasteiger charge is -2.08. The lowest BCUT2D eigenvalue weighted by molar-refractivity contribution is -0.435. The van der Waals surface area contributed by atoms with Crippen molar-refractivity contribution in [2.75, 3.05) is 14.2 Å². The molecule has 1 aromatic heterocycles. The molecule has 0 spiro atoms. The van der Waals surface area contributed by atoms with E-state index in [9.17, 15) is 0 Å². The monoisotopic (exact) mass is 338 g/mol. The zero-order valence-corrected chi connectivity index (χ0v) is 14.9. The standard InChI is InChI=1S/C16H23N3O3S/c1-10(2)7-12(17)15-18-19-16(22-15)23-9-11-5-6-13(20-3)14(8-11)21-4/h5-6,8,10,12H,7,9,17H2,1-4H3/p+1/t12-/m0/s1. The van der Waals surface area contributed by atoms with Crippen molar-refractivity contribution in [1.29, 1.82) is 0 Å². The second-order valence-electron chi connectivity index (χ2n) is 5.71. The molecule has 0 bridgehead atoms. The first-order valence-corrected chi connectivity index (χ1v) is 8.52. The van der Waals surface area contributed by atoms with Gasteiger partial charge in [0.25, 0.3) is 11.1 Å². The van der Waals surface area contributed by atoms with E-state index in [2.05, 4.69) is 29.8 Å². The third kappa shape index (κ3) is 4.87. The minimum absolute atomic E-state index is 0.0398. The highest BCUT2D eigenvalue weighted by atomic mass is 32.2. The Kier molecular flexibility index (Phi) is 6.29. The molecule has 0 saturated heterocycles. The highest BCUT2D eigenvalue weighted by molar-refractivity contribution is 7.98. The predicted octanol–water partition coefficient (Wildman–Crippen LogP) is 2.71. The fourth-order valence-electron chi connectivity index (χ4n) is 2.23. The molecular weight excluding hydrogens is 314 g/mol. The summed E-state index contributed by atoms with van der Waals surface area (Å²) in [5, 5.41) is 8.75. The van der Waals surface area contributed by atoms with Gasteiger partial charge >= 0.3 is 0 Å². The van der Waals surface area contributed by atoms with Gasteiger partial charge < -0.3 is 19.6 Å². The Morgan fingerprint density at radius 2 is 1.91 bits per heavy atom. The lowest BCUT2D eigenvalue weighted by atomic mass is 10.1. The molecule has 1 aromatic carbocycles. The first-order chi connectivity index (χ1) is 11.0. The molecule has 0 aliphatic carbocycles. The van der Waals surface area contributed by atoms with Gasteiger partial charge in [0.1, 0.15) is 0 Å². The fourth-order valence-corrected chi connectivity index (χ4v) is 2.94. The van der Waals surface area contributed by atoms with Gasteiger partial charge in [-0.05, 0) is 23.6 Å². The van der Waals surface area contributed by atoms with Gasteiger partial charge in [-0.3, -0.25) is 0 Å². The Labute approximate surface area is 140 Å². The predicted molar refractivity (Wildman–Crippen MR) is 88.5 cm³/mol. The molecule has 0 saturated carbocycles. The van der Waals surface area contributed by atoms with E-state index in [1.165, 1.54) is 11.8 Å². The fraction of sp³-hybridized carbons (Fsp3) is 0.500. The molecule has 1 heterocycles. The molecule has 7 heteroatoms. The Morgan fingerprint density at radius 1 is 1.17 bits per heavy atom. The third-order valence-corrected chi connectivity index (χ3v) is 4.23. The molecule has 0 amide bonds. The van der Waals surface area contributed by atoms with Crippen LogP contribution in [-0.2, 0) is 5.75 Å². The molecule has 3 N–H and O–H groups in total. The molecule has 6 nitrogen and oxygen atoms in total. The maximum absolute atomic E-state index is 5.69. The summed E-state index contributed by atoms with van der Waals surface area (Å²) < 4.78 is 16.2. The average Bonchev–Trinajstić information content (AvgIpc) is 3.01. The van der Waals surface area contributed by atoms with Gasteiger partial charge in [0.2, 0.25) is 0 Å². The van der Waals surface area contributed by atoms with Crippen LogP contribution in [0.1, 0.15) is 37.8 Å². The van der Waals surface area contributed by atoms with Gasteiger partial charge in [0, 0.05) is 12.2 Å². The summed E-state index contributed by atoms with van der Waals surface area (Å²) in [6, 6.07) is 5.88. The molecule has 0 radical (unpaired) electrons. The van der Waals surface area contributed by atoms with Gasteiger partial charge in [0.15, 0.2) is 17.5 Å². The maximum Gasteiger partial charge on any atom is 0.277 e. The van der Waals surface area contributed by atoms with Gasteiger partial charge in [-0.15, -0.1) is 10.2 Å². The van der Waals surface area contributed by atoms with Crippen molar-refractivity contribution < 1.29 is 19.6 Å². The molecule has 2 rings (SSSR count). The van der Waals surface area contributed by atoms with E-state index in [4.69, 9.17) is 13.9 Å². The molecule has 1 atom stereocenters. The van der Waals surface area contributed by atoms with Gasteiger partial charge in [-0.1, -0.05) is 31.7 Å². The first-order valence-electron chi connectivity index (χ1n) is 7.53. The molecule has 23 heavy (non-hydrogen) atoms. The van der Waals surface area contributed by atoms with Crippen LogP contribution >= 0.6 is 11.8 Å². The number of methoxy groups -OCH3 is 2. The van der Waals surface area contributed by atoms with Crippen LogP contribution in [0.5, 0.6) is 11.5 Å². The van der Waals surface area contributed by atoms with Crippen molar-refractivity contribution in [2.45, 2.75) is 37.3 Å². The van der Waals surface area contributed by atoms with Crippen LogP contribution in [0.4, 0.5) is 0 Å². The van der Waals surface area contributed by atoms with E-state index >= 15 is 0 Å². The van der Waals surface area contributed by atoms with Crippen LogP contribution in [0.15, 0.2) is 27.8 Å². The SMILES string of the molecule is COc1ccc(CSc2nnc([C@@H]([NH3+])CC(C)C)o2)cc1OC. The Bertz CT molecular complexity index is 631. The van der Waals surface area contributed by atoms with Gasteiger partial charge in [-0.25, -0.2) is 0 Å². The smallest absolute Gasteiger partial charge is 0.277 e. The van der Waals surface area contributed by atoms with Crippen LogP contribution in [0.25, 0.3) is 0 Å². The van der Waals surface area contributed by atoms with E-state index in [1.807, 2.05) is 18.2 Å². The van der Waals surface area contributed by atoms with Crippen molar-refractivity contribution in [3.05, 3.63) is 29.7 Å². The summed E-state index contributed by atoms with van der Waals surface area (Å²) in [6.45, 7) is 4.31. The van der Waals surface area contributed by atoms with Gasteiger partial charge in [0.05, 0.1) is 14.2 Å². The van der Waals surface area contributed by atoms with Crippen LogP contribution in [0.2, 0.25) is 0 Å². The quantitative estimate of drug-likeness (QED) is 0.745. The van der Waals surface area contributed by atoms with Crippen LogP contribution < -0.4 is 15.2 Å². The highest BCUT2D eigenvalue weighted by Crippen LogP contribution is 2.30. The second-order valence-corrected chi connectivity index (χ2v) is 6.64. The van der Waals surface area contributed by atoms with Crippen molar-refractivity contribution in [2.24, 2.45) is 5.92 Å². The van der Waals surface area contributed by atoms with Crippen molar-refractivity contribution >= 4 is 11.8 Å². The van der Waals surface area contributed by atoms with E-state index < -0.39 is 0 Å². The first kappa shape index (κ1) is 17.6. The van der Waals surface area contributed by atoms with Crippen molar-refractivity contribution in [3.8, 4) is 11.5 Å². The number of ether oxygens (including phenoxy) is 2. The van der Waals surface area contributed by atoms with Crippen LogP contribution in [0, 0.1) is 5.92 Å². The number of thioether (sulfide) groups is 1. The number of hydrogen-bond donors (Lipinski definition) is 1. The van der Waals surface area contributed by atoms with E-state index in [0.29, 0.717) is 28.5 Å². The maximum atomic E-state index is 5.69. The summed E-state index contributed by atoms with van der Waals surface area (Å²) in [6.07, 6.45) is 0.933. The Balaban J connectivity index is 1.97. The number of quaternary nitrogens is 1. The largest absolute Gasteiger partial charge is 0.493 e. The summed E-state index contributed by atoms with van der Waals surface area (Å²) in [7, 11) is 3.25. The van der Waals surface area contributed by atoms with Crippen LogP contribution in [-0.4, -0.2) is 24.4 Å². The van der Waals surface area contributed by atoms with Crippen molar-refractivity contribution in [3.63, 3.8) is 0 Å².